The van der Waals surface area contributed by atoms with Crippen LogP contribution in [0.2, 0.25) is 0 Å². The van der Waals surface area contributed by atoms with Crippen LogP contribution in [-0.2, 0) is 23.2 Å². The minimum absolute atomic E-state index is 0.143. The lowest BCUT2D eigenvalue weighted by atomic mass is 9.81. The fourth-order valence-electron chi connectivity index (χ4n) is 8.27. The van der Waals surface area contributed by atoms with Crippen LogP contribution in [0.15, 0.2) is 164 Å². The fraction of sp³-hybridized carbons (Fsp3) is 0.143. The van der Waals surface area contributed by atoms with Gasteiger partial charge < -0.3 is 14.4 Å². The molecular formula is C49H41NO2. The number of anilines is 3. The lowest BCUT2D eigenvalue weighted by Gasteiger charge is -2.31. The van der Waals surface area contributed by atoms with Crippen LogP contribution in [0.25, 0.3) is 33.4 Å². The van der Waals surface area contributed by atoms with E-state index in [1.165, 1.54) is 55.6 Å². The van der Waals surface area contributed by atoms with Gasteiger partial charge in [0.15, 0.2) is 0 Å². The Balaban J connectivity index is 1.34. The van der Waals surface area contributed by atoms with E-state index in [4.69, 9.17) is 9.47 Å². The third-order valence-corrected chi connectivity index (χ3v) is 10.7. The Bertz CT molecular complexity index is 2400. The molecule has 0 fully saturated rings. The maximum atomic E-state index is 6.44. The molecule has 0 aromatic heterocycles. The first-order chi connectivity index (χ1) is 25.6. The minimum atomic E-state index is -0.143. The standard InChI is InChI=1S/C49H41NO2/c1-49(2)44-27-10-9-24-43(44)47-45(49)28-29-46(48(47)42-25-12-18-36-33-51-30-14-26-41(36)42)50(37-19-11-17-35(31-37)34-15-5-3-6-16-34)38-20-13-23-40(32-38)52-39-21-7-4-8-22-39/h3-13,15-25,27-29,31-32H,14,26,30,33H2,1-2H3. The average molecular weight is 676 g/mol. The maximum Gasteiger partial charge on any atom is 0.129 e. The van der Waals surface area contributed by atoms with Crippen LogP contribution in [0, 0.1) is 0 Å². The van der Waals surface area contributed by atoms with Crippen molar-refractivity contribution in [2.24, 2.45) is 0 Å². The molecule has 7 aromatic carbocycles. The van der Waals surface area contributed by atoms with E-state index in [0.29, 0.717) is 6.61 Å². The third kappa shape index (κ3) is 5.68. The summed E-state index contributed by atoms with van der Waals surface area (Å²) in [6.45, 7) is 6.14. The normalized spacial score (nSPS) is 14.1. The van der Waals surface area contributed by atoms with Crippen LogP contribution < -0.4 is 9.64 Å². The van der Waals surface area contributed by atoms with Crippen molar-refractivity contribution in [3.63, 3.8) is 0 Å². The molecule has 2 aliphatic rings. The Morgan fingerprint density at radius 1 is 0.558 bits per heavy atom. The topological polar surface area (TPSA) is 21.7 Å². The van der Waals surface area contributed by atoms with Crippen molar-refractivity contribution in [1.29, 1.82) is 0 Å². The molecule has 0 atom stereocenters. The van der Waals surface area contributed by atoms with Gasteiger partial charge in [-0.15, -0.1) is 0 Å². The van der Waals surface area contributed by atoms with Crippen molar-refractivity contribution < 1.29 is 9.47 Å². The van der Waals surface area contributed by atoms with Gasteiger partial charge >= 0.3 is 0 Å². The summed E-state index contributed by atoms with van der Waals surface area (Å²) in [7, 11) is 0. The van der Waals surface area contributed by atoms with Crippen LogP contribution in [0.3, 0.4) is 0 Å². The molecule has 0 saturated heterocycles. The number of ether oxygens (including phenoxy) is 2. The zero-order chi connectivity index (χ0) is 35.1. The number of nitrogens with zero attached hydrogens (tertiary/aromatic N) is 1. The summed E-state index contributed by atoms with van der Waals surface area (Å²) < 4.78 is 12.5. The molecule has 52 heavy (non-hydrogen) atoms. The highest BCUT2D eigenvalue weighted by Gasteiger charge is 2.39. The van der Waals surface area contributed by atoms with E-state index in [-0.39, 0.29) is 5.41 Å². The summed E-state index contributed by atoms with van der Waals surface area (Å²) in [5, 5.41) is 0. The Labute approximate surface area is 306 Å². The number of hydrogen-bond donors (Lipinski definition) is 0. The van der Waals surface area contributed by atoms with Crippen molar-refractivity contribution in [3.8, 4) is 44.9 Å². The second-order valence-corrected chi connectivity index (χ2v) is 14.3. The maximum absolute atomic E-state index is 6.44. The zero-order valence-corrected chi connectivity index (χ0v) is 29.7. The van der Waals surface area contributed by atoms with Gasteiger partial charge in [-0.1, -0.05) is 129 Å². The molecule has 0 amide bonds. The molecule has 0 radical (unpaired) electrons. The second kappa shape index (κ2) is 13.3. The van der Waals surface area contributed by atoms with Gasteiger partial charge in [0.25, 0.3) is 0 Å². The number of benzene rings is 7. The Morgan fingerprint density at radius 3 is 2.08 bits per heavy atom. The molecule has 0 saturated carbocycles. The predicted molar refractivity (Wildman–Crippen MR) is 214 cm³/mol. The SMILES string of the molecule is CC1(C)c2ccccc2-c2c1ccc(N(c1cccc(Oc3ccccc3)c1)c1cccc(-c3ccccc3)c1)c2-c1cccc2c1CCCOC2. The highest BCUT2D eigenvalue weighted by atomic mass is 16.5. The van der Waals surface area contributed by atoms with Crippen molar-refractivity contribution in [1.82, 2.24) is 0 Å². The van der Waals surface area contributed by atoms with Gasteiger partial charge in [0.2, 0.25) is 0 Å². The summed E-state index contributed by atoms with van der Waals surface area (Å²) in [5.41, 5.74) is 16.0. The zero-order valence-electron chi connectivity index (χ0n) is 29.7. The van der Waals surface area contributed by atoms with Crippen molar-refractivity contribution >= 4 is 17.1 Å². The van der Waals surface area contributed by atoms with Crippen molar-refractivity contribution in [2.45, 2.75) is 38.7 Å². The highest BCUT2D eigenvalue weighted by Crippen LogP contribution is 2.56. The average Bonchev–Trinajstić information content (AvgIpc) is 3.30. The molecule has 3 heteroatoms. The van der Waals surface area contributed by atoms with E-state index < -0.39 is 0 Å². The van der Waals surface area contributed by atoms with E-state index >= 15 is 0 Å². The first-order valence-electron chi connectivity index (χ1n) is 18.3. The quantitative estimate of drug-likeness (QED) is 0.168. The number of rotatable bonds is 7. The predicted octanol–water partition coefficient (Wildman–Crippen LogP) is 13.1. The van der Waals surface area contributed by atoms with Gasteiger partial charge in [0.1, 0.15) is 11.5 Å². The second-order valence-electron chi connectivity index (χ2n) is 14.3. The lowest BCUT2D eigenvalue weighted by molar-refractivity contribution is 0.125. The monoisotopic (exact) mass is 675 g/mol. The molecule has 7 aromatic rings. The Kier molecular flexibility index (Phi) is 8.22. The van der Waals surface area contributed by atoms with E-state index in [0.717, 1.165) is 48.0 Å². The molecule has 9 rings (SSSR count). The van der Waals surface area contributed by atoms with Crippen LogP contribution in [0.4, 0.5) is 17.1 Å². The van der Waals surface area contributed by atoms with Gasteiger partial charge in [-0.25, -0.2) is 0 Å². The number of hydrogen-bond acceptors (Lipinski definition) is 3. The summed E-state index contributed by atoms with van der Waals surface area (Å²) in [4.78, 5) is 2.43. The van der Waals surface area contributed by atoms with Gasteiger partial charge in [-0.05, 0) is 105 Å². The summed E-state index contributed by atoms with van der Waals surface area (Å²) in [6, 6.07) is 58.6. The van der Waals surface area contributed by atoms with Crippen LogP contribution >= 0.6 is 0 Å². The summed E-state index contributed by atoms with van der Waals surface area (Å²) in [6.07, 6.45) is 1.97. The molecule has 254 valence electrons. The number of para-hydroxylation sites is 1. The van der Waals surface area contributed by atoms with Gasteiger partial charge in [-0.3, -0.25) is 0 Å². The summed E-state index contributed by atoms with van der Waals surface area (Å²) in [5.74, 6) is 1.59. The molecular weight excluding hydrogens is 635 g/mol. The van der Waals surface area contributed by atoms with Gasteiger partial charge in [0.05, 0.1) is 12.3 Å². The van der Waals surface area contributed by atoms with Gasteiger partial charge in [0, 0.05) is 35.0 Å². The van der Waals surface area contributed by atoms with E-state index in [1.807, 2.05) is 36.4 Å². The Hall–Kier alpha value is -5.90. The largest absolute Gasteiger partial charge is 0.457 e. The molecule has 0 unspecified atom stereocenters. The molecule has 1 aliphatic heterocycles. The van der Waals surface area contributed by atoms with E-state index in [9.17, 15) is 0 Å². The third-order valence-electron chi connectivity index (χ3n) is 10.7. The lowest BCUT2D eigenvalue weighted by Crippen LogP contribution is -2.16. The molecule has 1 heterocycles. The smallest absolute Gasteiger partial charge is 0.129 e. The molecule has 0 bridgehead atoms. The van der Waals surface area contributed by atoms with Crippen LogP contribution in [0.5, 0.6) is 11.5 Å². The van der Waals surface area contributed by atoms with E-state index in [1.54, 1.807) is 0 Å². The fourth-order valence-corrected chi connectivity index (χ4v) is 8.27. The first-order valence-corrected chi connectivity index (χ1v) is 18.3. The van der Waals surface area contributed by atoms with Gasteiger partial charge in [-0.2, -0.15) is 0 Å². The molecule has 0 N–H and O–H groups in total. The van der Waals surface area contributed by atoms with E-state index in [2.05, 4.69) is 146 Å². The van der Waals surface area contributed by atoms with Crippen molar-refractivity contribution in [2.75, 3.05) is 11.5 Å². The van der Waals surface area contributed by atoms with Crippen molar-refractivity contribution in [3.05, 3.63) is 186 Å². The number of fused-ring (bicyclic) bond motifs is 4. The Morgan fingerprint density at radius 2 is 1.23 bits per heavy atom. The minimum Gasteiger partial charge on any atom is -0.457 e. The summed E-state index contributed by atoms with van der Waals surface area (Å²) >= 11 is 0. The first kappa shape index (κ1) is 32.0. The molecule has 3 nitrogen and oxygen atoms in total. The van der Waals surface area contributed by atoms with Crippen LogP contribution in [0.1, 0.15) is 42.5 Å². The van der Waals surface area contributed by atoms with Crippen LogP contribution in [-0.4, -0.2) is 6.61 Å². The highest BCUT2D eigenvalue weighted by molar-refractivity contribution is 6.02. The molecule has 0 spiro atoms. The molecule has 1 aliphatic carbocycles.